The fourth-order valence-electron chi connectivity index (χ4n) is 5.56. The van der Waals surface area contributed by atoms with Crippen LogP contribution in [-0.2, 0) is 14.8 Å². The van der Waals surface area contributed by atoms with Crippen LogP contribution in [-0.4, -0.2) is 48.5 Å². The largest absolute Gasteiger partial charge is 0.383 e. The Morgan fingerprint density at radius 2 is 1.81 bits per heavy atom. The number of halogens is 3. The average molecular weight is 613 g/mol. The van der Waals surface area contributed by atoms with E-state index in [1.54, 1.807) is 10.9 Å². The number of pyridine rings is 1. The van der Waals surface area contributed by atoms with Crippen molar-refractivity contribution in [2.24, 2.45) is 0 Å². The predicted octanol–water partition coefficient (Wildman–Crippen LogP) is 5.40. The standard InChI is InChI=1S/C30H31F3N6O3S/c1-16(2)39-29-21(17-7-9-18(10-8-17)36-19-14-42-15-19)13-35-30(34)27(29)28(37-39)20-11-24(33)25(12-23(20)32)38-43(40,41)26-6-4-3-5-22(26)31/h3-7,11-13,16,18-19,36,38H,8-10,14-15H2,1-2H3,(H2,34,35). The number of hydrogen-bond acceptors (Lipinski definition) is 7. The summed E-state index contributed by atoms with van der Waals surface area (Å²) in [7, 11) is -4.53. The van der Waals surface area contributed by atoms with Crippen LogP contribution in [0, 0.1) is 17.5 Å². The zero-order chi connectivity index (χ0) is 30.5. The van der Waals surface area contributed by atoms with E-state index in [4.69, 9.17) is 10.5 Å². The third-order valence-corrected chi connectivity index (χ3v) is 9.19. The molecule has 2 aromatic carbocycles. The van der Waals surface area contributed by atoms with Gasteiger partial charge < -0.3 is 15.8 Å². The molecule has 6 rings (SSSR count). The minimum absolute atomic E-state index is 0.0800. The number of hydrogen-bond donors (Lipinski definition) is 3. The highest BCUT2D eigenvalue weighted by atomic mass is 32.2. The molecule has 1 atom stereocenters. The molecule has 3 heterocycles. The zero-order valence-electron chi connectivity index (χ0n) is 23.6. The Bertz CT molecular complexity index is 1850. The van der Waals surface area contributed by atoms with Crippen molar-refractivity contribution in [2.75, 3.05) is 23.7 Å². The van der Waals surface area contributed by atoms with Crippen LogP contribution in [0.25, 0.3) is 27.7 Å². The van der Waals surface area contributed by atoms with E-state index in [-0.39, 0.29) is 23.1 Å². The van der Waals surface area contributed by atoms with Crippen molar-refractivity contribution in [3.05, 3.63) is 71.7 Å². The number of nitrogens with zero attached hydrogens (tertiary/aromatic N) is 3. The van der Waals surface area contributed by atoms with E-state index in [1.807, 2.05) is 18.6 Å². The smallest absolute Gasteiger partial charge is 0.264 e. The maximum absolute atomic E-state index is 15.7. The lowest BCUT2D eigenvalue weighted by atomic mass is 9.89. The highest BCUT2D eigenvalue weighted by Crippen LogP contribution is 2.40. The van der Waals surface area contributed by atoms with E-state index in [0.717, 1.165) is 61.8 Å². The van der Waals surface area contributed by atoms with Crippen LogP contribution >= 0.6 is 0 Å². The van der Waals surface area contributed by atoms with Gasteiger partial charge in [0.2, 0.25) is 0 Å². The topological polar surface area (TPSA) is 124 Å². The number of fused-ring (bicyclic) bond motifs is 1. The van der Waals surface area contributed by atoms with E-state index in [1.165, 1.54) is 12.1 Å². The molecule has 0 bridgehead atoms. The minimum Gasteiger partial charge on any atom is -0.383 e. The number of benzene rings is 2. The van der Waals surface area contributed by atoms with E-state index in [2.05, 4.69) is 21.5 Å². The van der Waals surface area contributed by atoms with Crippen LogP contribution in [0.1, 0.15) is 44.7 Å². The summed E-state index contributed by atoms with van der Waals surface area (Å²) in [6.45, 7) is 5.29. The van der Waals surface area contributed by atoms with Gasteiger partial charge in [-0.15, -0.1) is 0 Å². The van der Waals surface area contributed by atoms with E-state index < -0.39 is 38.1 Å². The van der Waals surface area contributed by atoms with Gasteiger partial charge in [0.25, 0.3) is 10.0 Å². The number of aromatic nitrogens is 3. The lowest BCUT2D eigenvalue weighted by Gasteiger charge is -2.33. The van der Waals surface area contributed by atoms with Crippen LogP contribution in [0.2, 0.25) is 0 Å². The Morgan fingerprint density at radius 1 is 1.05 bits per heavy atom. The molecule has 226 valence electrons. The first-order valence-corrected chi connectivity index (χ1v) is 15.5. The Kier molecular flexibility index (Phi) is 7.65. The molecule has 1 saturated heterocycles. The minimum atomic E-state index is -4.53. The monoisotopic (exact) mass is 612 g/mol. The van der Waals surface area contributed by atoms with Crippen LogP contribution < -0.4 is 15.8 Å². The molecule has 1 aliphatic heterocycles. The average Bonchev–Trinajstić information content (AvgIpc) is 3.35. The molecule has 0 spiro atoms. The summed E-state index contributed by atoms with van der Waals surface area (Å²) < 4.78 is 79.5. The van der Waals surface area contributed by atoms with Crippen molar-refractivity contribution in [3.8, 4) is 11.3 Å². The molecule has 2 aromatic heterocycles. The first-order valence-electron chi connectivity index (χ1n) is 14.0. The molecule has 4 aromatic rings. The summed E-state index contributed by atoms with van der Waals surface area (Å²) in [6, 6.07) is 6.76. The van der Waals surface area contributed by atoms with Gasteiger partial charge in [0.15, 0.2) is 0 Å². The normalized spacial score (nSPS) is 17.7. The predicted molar refractivity (Wildman–Crippen MR) is 158 cm³/mol. The van der Waals surface area contributed by atoms with Crippen LogP contribution in [0.3, 0.4) is 0 Å². The molecule has 1 aliphatic carbocycles. The summed E-state index contributed by atoms with van der Waals surface area (Å²) >= 11 is 0. The molecule has 1 unspecified atom stereocenters. The summed E-state index contributed by atoms with van der Waals surface area (Å²) in [5, 5.41) is 8.64. The summed E-state index contributed by atoms with van der Waals surface area (Å²) in [5.74, 6) is -2.94. The Balaban J connectivity index is 1.39. The molecule has 43 heavy (non-hydrogen) atoms. The number of nitrogens with one attached hydrogen (secondary N) is 2. The van der Waals surface area contributed by atoms with Gasteiger partial charge in [0.05, 0.1) is 35.8 Å². The first-order chi connectivity index (χ1) is 20.5. The Labute approximate surface area is 247 Å². The van der Waals surface area contributed by atoms with Gasteiger partial charge in [0, 0.05) is 35.5 Å². The zero-order valence-corrected chi connectivity index (χ0v) is 24.4. The maximum atomic E-state index is 15.7. The molecule has 2 aliphatic rings. The number of rotatable bonds is 8. The number of allylic oxidation sites excluding steroid dienone is 1. The van der Waals surface area contributed by atoms with E-state index in [9.17, 15) is 12.8 Å². The molecule has 4 N–H and O–H groups in total. The molecule has 13 heteroatoms. The van der Waals surface area contributed by atoms with Gasteiger partial charge in [-0.3, -0.25) is 9.40 Å². The number of nitrogen functional groups attached to an aromatic ring is 1. The van der Waals surface area contributed by atoms with Gasteiger partial charge in [0.1, 0.15) is 33.9 Å². The Morgan fingerprint density at radius 3 is 2.47 bits per heavy atom. The van der Waals surface area contributed by atoms with E-state index >= 15 is 8.78 Å². The third kappa shape index (κ3) is 5.48. The highest BCUT2D eigenvalue weighted by Gasteiger charge is 2.28. The molecule has 9 nitrogen and oxygen atoms in total. The van der Waals surface area contributed by atoms with Gasteiger partial charge in [-0.05, 0) is 56.9 Å². The van der Waals surface area contributed by atoms with Gasteiger partial charge in [-0.25, -0.2) is 26.6 Å². The summed E-state index contributed by atoms with van der Waals surface area (Å²) in [6.07, 6.45) is 6.39. The van der Waals surface area contributed by atoms with Gasteiger partial charge >= 0.3 is 0 Å². The SMILES string of the molecule is CC(C)n1nc(-c2cc(F)c(NS(=O)(=O)c3ccccc3F)cc2F)c2c(N)ncc(C3=CCC(NC4COC4)CC3)c21. The van der Waals surface area contributed by atoms with Crippen LogP contribution in [0.4, 0.5) is 24.7 Å². The number of sulfonamides is 1. The summed E-state index contributed by atoms with van der Waals surface area (Å²) in [5.41, 5.74) is 8.07. The quantitative estimate of drug-likeness (QED) is 0.243. The van der Waals surface area contributed by atoms with Crippen molar-refractivity contribution in [3.63, 3.8) is 0 Å². The lowest BCUT2D eigenvalue weighted by Crippen LogP contribution is -2.50. The second-order valence-corrected chi connectivity index (χ2v) is 12.8. The molecule has 0 amide bonds. The fraction of sp³-hybridized carbons (Fsp3) is 0.333. The number of anilines is 2. The fourth-order valence-corrected chi connectivity index (χ4v) is 6.69. The molecular weight excluding hydrogens is 581 g/mol. The number of ether oxygens (including phenoxy) is 1. The highest BCUT2D eigenvalue weighted by molar-refractivity contribution is 7.92. The van der Waals surface area contributed by atoms with E-state index in [0.29, 0.717) is 29.1 Å². The van der Waals surface area contributed by atoms with Gasteiger partial charge in [-0.2, -0.15) is 5.10 Å². The van der Waals surface area contributed by atoms with Crippen molar-refractivity contribution < 1.29 is 26.3 Å². The van der Waals surface area contributed by atoms with Crippen LogP contribution in [0.15, 0.2) is 53.6 Å². The lowest BCUT2D eigenvalue weighted by molar-refractivity contribution is -0.0103. The Hall–Kier alpha value is -3.94. The summed E-state index contributed by atoms with van der Waals surface area (Å²) in [4.78, 5) is 3.71. The molecule has 0 radical (unpaired) electrons. The second-order valence-electron chi connectivity index (χ2n) is 11.1. The molecular formula is C30H31F3N6O3S. The second kappa shape index (κ2) is 11.3. The molecule has 1 fully saturated rings. The van der Waals surface area contributed by atoms with Crippen molar-refractivity contribution >= 4 is 38.0 Å². The van der Waals surface area contributed by atoms with Crippen molar-refractivity contribution in [2.45, 2.75) is 56.1 Å². The van der Waals surface area contributed by atoms with Gasteiger partial charge in [-0.1, -0.05) is 18.2 Å². The first kappa shape index (κ1) is 29.1. The third-order valence-electron chi connectivity index (χ3n) is 7.79. The van der Waals surface area contributed by atoms with Crippen molar-refractivity contribution in [1.29, 1.82) is 0 Å². The van der Waals surface area contributed by atoms with Crippen LogP contribution in [0.5, 0.6) is 0 Å². The maximum Gasteiger partial charge on any atom is 0.264 e. The molecule has 0 saturated carbocycles. The van der Waals surface area contributed by atoms with Crippen molar-refractivity contribution in [1.82, 2.24) is 20.1 Å². The number of nitrogens with two attached hydrogens (primary N) is 1.